The van der Waals surface area contributed by atoms with Crippen LogP contribution in [0.2, 0.25) is 0 Å². The molecular weight excluding hydrogens is 417 g/mol. The molecule has 1 amide bonds. The molecule has 1 aliphatic rings. The molecule has 0 spiro atoms. The number of fused-ring (bicyclic) bond motifs is 1. The molecule has 0 atom stereocenters. The molecule has 0 aliphatic carbocycles. The van der Waals surface area contributed by atoms with Crippen LogP contribution in [0.1, 0.15) is 0 Å². The van der Waals surface area contributed by atoms with Crippen LogP contribution in [0, 0.1) is 5.82 Å². The molecule has 0 radical (unpaired) electrons. The van der Waals surface area contributed by atoms with Crippen molar-refractivity contribution in [2.45, 2.75) is 11.4 Å². The number of anilines is 1. The zero-order valence-electron chi connectivity index (χ0n) is 15.7. The van der Waals surface area contributed by atoms with Crippen molar-refractivity contribution in [3.8, 4) is 0 Å². The first-order chi connectivity index (χ1) is 14.4. The number of hydrogen-bond acceptors (Lipinski definition) is 6. The van der Waals surface area contributed by atoms with Crippen LogP contribution in [0.15, 0.2) is 56.6 Å². The van der Waals surface area contributed by atoms with Crippen LogP contribution in [0.25, 0.3) is 11.1 Å². The first kappa shape index (κ1) is 20.3. The first-order valence-electron chi connectivity index (χ1n) is 9.12. The second-order valence-corrected chi connectivity index (χ2v) is 8.57. The Morgan fingerprint density at radius 2 is 1.87 bits per heavy atom. The van der Waals surface area contributed by atoms with E-state index >= 15 is 0 Å². The van der Waals surface area contributed by atoms with Crippen LogP contribution in [0.5, 0.6) is 0 Å². The molecule has 30 heavy (non-hydrogen) atoms. The van der Waals surface area contributed by atoms with Crippen LogP contribution >= 0.6 is 0 Å². The highest BCUT2D eigenvalue weighted by Gasteiger charge is 2.27. The summed E-state index contributed by atoms with van der Waals surface area (Å²) < 4.78 is 51.9. The molecule has 3 aromatic rings. The summed E-state index contributed by atoms with van der Waals surface area (Å²) in [5, 5.41) is 2.39. The number of benzene rings is 2. The maximum absolute atomic E-state index is 13.7. The van der Waals surface area contributed by atoms with Gasteiger partial charge in [-0.2, -0.15) is 4.31 Å². The third-order valence-electron chi connectivity index (χ3n) is 4.70. The van der Waals surface area contributed by atoms with E-state index in [1.807, 2.05) is 0 Å². The van der Waals surface area contributed by atoms with Gasteiger partial charge in [0.25, 0.3) is 0 Å². The Morgan fingerprint density at radius 1 is 1.13 bits per heavy atom. The number of sulfonamides is 1. The summed E-state index contributed by atoms with van der Waals surface area (Å²) in [4.78, 5) is 24.5. The molecule has 4 rings (SSSR count). The largest absolute Gasteiger partial charge is 0.420 e. The van der Waals surface area contributed by atoms with E-state index in [1.165, 1.54) is 40.7 Å². The van der Waals surface area contributed by atoms with Gasteiger partial charge in [0.15, 0.2) is 5.58 Å². The molecule has 0 saturated carbocycles. The minimum absolute atomic E-state index is 0.0118. The van der Waals surface area contributed by atoms with Crippen LogP contribution < -0.4 is 11.1 Å². The van der Waals surface area contributed by atoms with E-state index in [2.05, 4.69) is 5.32 Å². The number of nitrogens with one attached hydrogen (secondary N) is 1. The molecular formula is C19H18FN3O6S. The average molecular weight is 435 g/mol. The van der Waals surface area contributed by atoms with E-state index in [0.29, 0.717) is 13.2 Å². The minimum Gasteiger partial charge on any atom is -0.408 e. The predicted molar refractivity (Wildman–Crippen MR) is 105 cm³/mol. The zero-order chi connectivity index (χ0) is 21.3. The van der Waals surface area contributed by atoms with Crippen molar-refractivity contribution in [1.82, 2.24) is 8.87 Å². The van der Waals surface area contributed by atoms with Gasteiger partial charge in [-0.05, 0) is 24.3 Å². The Kier molecular flexibility index (Phi) is 5.41. The molecule has 2 heterocycles. The van der Waals surface area contributed by atoms with Gasteiger partial charge >= 0.3 is 5.76 Å². The molecule has 9 nitrogen and oxygen atoms in total. The molecule has 2 aromatic carbocycles. The van der Waals surface area contributed by atoms with E-state index in [4.69, 9.17) is 9.15 Å². The highest BCUT2D eigenvalue weighted by Crippen LogP contribution is 2.22. The zero-order valence-corrected chi connectivity index (χ0v) is 16.5. The standard InChI is InChI=1S/C19H18FN3O6S/c20-14-3-1-2-4-15(14)21-18(24)12-23-16-6-5-13(11-17(16)29-19(23)25)30(26,27)22-7-9-28-10-8-22/h1-6,11H,7-10,12H2,(H,21,24). The lowest BCUT2D eigenvalue weighted by molar-refractivity contribution is -0.116. The lowest BCUT2D eigenvalue weighted by Crippen LogP contribution is -2.40. The van der Waals surface area contributed by atoms with Gasteiger partial charge in [-0.15, -0.1) is 0 Å². The lowest BCUT2D eigenvalue weighted by Gasteiger charge is -2.25. The summed E-state index contributed by atoms with van der Waals surface area (Å²) >= 11 is 0. The van der Waals surface area contributed by atoms with Crippen LogP contribution in [-0.4, -0.2) is 49.5 Å². The molecule has 0 unspecified atom stereocenters. The molecule has 1 fully saturated rings. The van der Waals surface area contributed by atoms with Gasteiger partial charge in [0.05, 0.1) is 29.3 Å². The van der Waals surface area contributed by atoms with Crippen molar-refractivity contribution in [2.75, 3.05) is 31.6 Å². The number of nitrogens with zero attached hydrogens (tertiary/aromatic N) is 2. The smallest absolute Gasteiger partial charge is 0.408 e. The summed E-state index contributed by atoms with van der Waals surface area (Å²) in [7, 11) is -3.76. The number of amides is 1. The number of para-hydroxylation sites is 1. The summed E-state index contributed by atoms with van der Waals surface area (Å²) in [6, 6.07) is 9.66. The number of halogens is 1. The molecule has 1 aromatic heterocycles. The highest BCUT2D eigenvalue weighted by atomic mass is 32.2. The monoisotopic (exact) mass is 435 g/mol. The quantitative estimate of drug-likeness (QED) is 0.649. The van der Waals surface area contributed by atoms with E-state index in [9.17, 15) is 22.4 Å². The Bertz CT molecular complexity index is 1260. The van der Waals surface area contributed by atoms with Gasteiger partial charge < -0.3 is 14.5 Å². The van der Waals surface area contributed by atoms with Gasteiger partial charge in [-0.25, -0.2) is 17.6 Å². The van der Waals surface area contributed by atoms with Gasteiger partial charge in [-0.1, -0.05) is 12.1 Å². The maximum Gasteiger partial charge on any atom is 0.420 e. The SMILES string of the molecule is O=C(Cn1c(=O)oc2cc(S(=O)(=O)N3CCOCC3)ccc21)Nc1ccccc1F. The Labute approximate surface area is 170 Å². The third kappa shape index (κ3) is 3.86. The second kappa shape index (κ2) is 8.01. The van der Waals surface area contributed by atoms with E-state index in [-0.39, 0.29) is 34.8 Å². The highest BCUT2D eigenvalue weighted by molar-refractivity contribution is 7.89. The summed E-state index contributed by atoms with van der Waals surface area (Å²) in [5.74, 6) is -2.06. The van der Waals surface area contributed by atoms with E-state index in [1.54, 1.807) is 6.07 Å². The molecule has 11 heteroatoms. The van der Waals surface area contributed by atoms with Crippen LogP contribution in [0.3, 0.4) is 0 Å². The van der Waals surface area contributed by atoms with E-state index in [0.717, 1.165) is 4.57 Å². The van der Waals surface area contributed by atoms with E-state index < -0.39 is 34.0 Å². The fourth-order valence-electron chi connectivity index (χ4n) is 3.19. The Hall–Kier alpha value is -3.02. The van der Waals surface area contributed by atoms with Gasteiger partial charge in [0, 0.05) is 19.2 Å². The van der Waals surface area contributed by atoms with Gasteiger partial charge in [-0.3, -0.25) is 9.36 Å². The third-order valence-corrected chi connectivity index (χ3v) is 6.59. The second-order valence-electron chi connectivity index (χ2n) is 6.63. The van der Waals surface area contributed by atoms with Gasteiger partial charge in [0.2, 0.25) is 15.9 Å². The summed E-state index contributed by atoms with van der Waals surface area (Å²) in [6.45, 7) is 0.674. The normalized spacial score (nSPS) is 15.4. The predicted octanol–water partition coefficient (Wildman–Crippen LogP) is 1.39. The summed E-state index contributed by atoms with van der Waals surface area (Å²) in [6.07, 6.45) is 0. The van der Waals surface area contributed by atoms with Crippen molar-refractivity contribution in [1.29, 1.82) is 0 Å². The fourth-order valence-corrected chi connectivity index (χ4v) is 4.61. The van der Waals surface area contributed by atoms with Crippen molar-refractivity contribution >= 4 is 32.7 Å². The molecule has 1 saturated heterocycles. The number of morpholine rings is 1. The number of carbonyl (C=O) groups is 1. The number of ether oxygens (including phenoxy) is 1. The number of rotatable bonds is 5. The first-order valence-corrected chi connectivity index (χ1v) is 10.6. The lowest BCUT2D eigenvalue weighted by atomic mass is 10.3. The molecule has 0 bridgehead atoms. The van der Waals surface area contributed by atoms with Gasteiger partial charge in [0.1, 0.15) is 12.4 Å². The summed E-state index contributed by atoms with van der Waals surface area (Å²) in [5.41, 5.74) is 0.278. The van der Waals surface area contributed by atoms with Crippen LogP contribution in [0.4, 0.5) is 10.1 Å². The van der Waals surface area contributed by atoms with Crippen molar-refractivity contribution < 1.29 is 26.8 Å². The molecule has 158 valence electrons. The number of hydrogen-bond donors (Lipinski definition) is 1. The Balaban J connectivity index is 1.60. The Morgan fingerprint density at radius 3 is 2.60 bits per heavy atom. The molecule has 1 N–H and O–H groups in total. The van der Waals surface area contributed by atoms with Crippen molar-refractivity contribution in [3.63, 3.8) is 0 Å². The topological polar surface area (TPSA) is 111 Å². The maximum atomic E-state index is 13.7. The van der Waals surface area contributed by atoms with Crippen molar-refractivity contribution in [3.05, 3.63) is 58.8 Å². The number of carbonyl (C=O) groups excluding carboxylic acids is 1. The average Bonchev–Trinajstić information content (AvgIpc) is 3.04. The van der Waals surface area contributed by atoms with Crippen molar-refractivity contribution in [2.24, 2.45) is 0 Å². The number of aromatic nitrogens is 1. The fraction of sp³-hybridized carbons (Fsp3) is 0.263. The number of oxazole rings is 1. The van der Waals surface area contributed by atoms with Crippen LogP contribution in [-0.2, 0) is 26.1 Å². The minimum atomic E-state index is -3.76. The molecule has 1 aliphatic heterocycles.